The number of rotatable bonds is 3. The molecule has 2 amide bonds. The Morgan fingerprint density at radius 2 is 2.18 bits per heavy atom. The molecular formula is C12H20N2O3. The van der Waals surface area contributed by atoms with Gasteiger partial charge in [0.1, 0.15) is 5.54 Å². The Hall–Kier alpha value is -1.10. The quantitative estimate of drug-likeness (QED) is 0.771. The largest absolute Gasteiger partial charge is 0.384 e. The summed E-state index contributed by atoms with van der Waals surface area (Å²) in [5, 5.41) is 2.89. The third kappa shape index (κ3) is 2.16. The number of carbonyl (C=O) groups excluding carboxylic acids is 2. The Bertz CT molecular complexity index is 311. The van der Waals surface area contributed by atoms with Crippen LogP contribution in [0, 0.1) is 0 Å². The number of hydrogen-bond acceptors (Lipinski definition) is 3. The number of nitrogens with one attached hydrogen (secondary N) is 1. The molecule has 1 aliphatic carbocycles. The summed E-state index contributed by atoms with van der Waals surface area (Å²) in [5.74, 6) is 0.0793. The number of carbonyl (C=O) groups is 2. The van der Waals surface area contributed by atoms with Gasteiger partial charge in [-0.05, 0) is 12.8 Å². The van der Waals surface area contributed by atoms with E-state index in [0.717, 1.165) is 25.7 Å². The van der Waals surface area contributed by atoms with Crippen molar-refractivity contribution < 1.29 is 14.3 Å². The van der Waals surface area contributed by atoms with Crippen LogP contribution in [0.1, 0.15) is 32.1 Å². The van der Waals surface area contributed by atoms with E-state index in [2.05, 4.69) is 5.32 Å². The monoisotopic (exact) mass is 240 g/mol. The molecule has 0 radical (unpaired) electrons. The lowest BCUT2D eigenvalue weighted by Gasteiger charge is -2.43. The molecular weight excluding hydrogens is 220 g/mol. The number of amides is 2. The number of hydrogen-bond donors (Lipinski definition) is 1. The van der Waals surface area contributed by atoms with E-state index in [1.165, 1.54) is 0 Å². The van der Waals surface area contributed by atoms with E-state index in [0.29, 0.717) is 26.1 Å². The fourth-order valence-electron chi connectivity index (χ4n) is 2.93. The van der Waals surface area contributed by atoms with Crippen molar-refractivity contribution >= 4 is 11.8 Å². The topological polar surface area (TPSA) is 58.6 Å². The van der Waals surface area contributed by atoms with E-state index in [4.69, 9.17) is 4.74 Å². The Morgan fingerprint density at radius 1 is 1.47 bits per heavy atom. The van der Waals surface area contributed by atoms with E-state index in [-0.39, 0.29) is 11.8 Å². The lowest BCUT2D eigenvalue weighted by molar-refractivity contribution is -0.151. The third-order valence-electron chi connectivity index (χ3n) is 3.81. The third-order valence-corrected chi connectivity index (χ3v) is 3.81. The minimum atomic E-state index is -0.553. The number of nitrogens with zero attached hydrogens (tertiary/aromatic N) is 1. The molecule has 5 nitrogen and oxygen atoms in total. The molecule has 1 heterocycles. The first-order valence-electron chi connectivity index (χ1n) is 6.28. The Labute approximate surface area is 101 Å². The molecule has 0 aromatic rings. The van der Waals surface area contributed by atoms with E-state index < -0.39 is 5.54 Å². The fraction of sp³-hybridized carbons (Fsp3) is 0.833. The van der Waals surface area contributed by atoms with Crippen molar-refractivity contribution in [2.45, 2.75) is 37.6 Å². The summed E-state index contributed by atoms with van der Waals surface area (Å²) in [6.45, 7) is 1.63. The van der Waals surface area contributed by atoms with Gasteiger partial charge in [-0.15, -0.1) is 0 Å². The molecule has 0 aromatic heterocycles. The Balaban J connectivity index is 2.12. The molecule has 1 N–H and O–H groups in total. The minimum absolute atomic E-state index is 0.0343. The Morgan fingerprint density at radius 3 is 2.82 bits per heavy atom. The van der Waals surface area contributed by atoms with Crippen LogP contribution >= 0.6 is 0 Å². The second-order valence-corrected chi connectivity index (χ2v) is 4.78. The summed E-state index contributed by atoms with van der Waals surface area (Å²) in [6.07, 6.45) is 4.03. The highest BCUT2D eigenvalue weighted by Gasteiger charge is 2.49. The summed E-state index contributed by atoms with van der Waals surface area (Å²) in [7, 11) is 1.58. The zero-order valence-corrected chi connectivity index (χ0v) is 10.3. The first-order valence-corrected chi connectivity index (χ1v) is 6.28. The normalized spacial score (nSPS) is 22.9. The Kier molecular flexibility index (Phi) is 3.66. The van der Waals surface area contributed by atoms with Crippen LogP contribution in [0.5, 0.6) is 0 Å². The van der Waals surface area contributed by atoms with Gasteiger partial charge in [0.25, 0.3) is 0 Å². The zero-order valence-electron chi connectivity index (χ0n) is 10.3. The van der Waals surface area contributed by atoms with Crippen LogP contribution in [0.3, 0.4) is 0 Å². The van der Waals surface area contributed by atoms with E-state index in [1.807, 2.05) is 0 Å². The lowest BCUT2D eigenvalue weighted by Crippen LogP contribution is -2.65. The molecule has 1 aliphatic heterocycles. The molecule has 1 saturated heterocycles. The molecule has 0 atom stereocenters. The average molecular weight is 240 g/mol. The first-order chi connectivity index (χ1) is 8.20. The van der Waals surface area contributed by atoms with Crippen LogP contribution in [0.2, 0.25) is 0 Å². The van der Waals surface area contributed by atoms with Crippen molar-refractivity contribution in [3.8, 4) is 0 Å². The molecule has 2 fully saturated rings. The highest BCUT2D eigenvalue weighted by atomic mass is 16.5. The summed E-state index contributed by atoms with van der Waals surface area (Å²) in [5.41, 5.74) is -0.553. The number of methoxy groups -OCH3 is 1. The smallest absolute Gasteiger partial charge is 0.246 e. The first kappa shape index (κ1) is 12.4. The van der Waals surface area contributed by atoms with Crippen molar-refractivity contribution in [2.24, 2.45) is 0 Å². The zero-order chi connectivity index (χ0) is 12.3. The minimum Gasteiger partial charge on any atom is -0.384 e. The second kappa shape index (κ2) is 5.04. The number of ether oxygens (including phenoxy) is 1. The molecule has 1 spiro atoms. The van der Waals surface area contributed by atoms with Gasteiger partial charge in [0.05, 0.1) is 13.0 Å². The van der Waals surface area contributed by atoms with Gasteiger partial charge >= 0.3 is 0 Å². The van der Waals surface area contributed by atoms with Crippen LogP contribution in [0.15, 0.2) is 0 Å². The highest BCUT2D eigenvalue weighted by molar-refractivity contribution is 5.92. The van der Waals surface area contributed by atoms with Crippen molar-refractivity contribution in [2.75, 3.05) is 26.8 Å². The van der Waals surface area contributed by atoms with Gasteiger partial charge in [-0.2, -0.15) is 0 Å². The molecule has 5 heteroatoms. The van der Waals surface area contributed by atoms with Gasteiger partial charge in [-0.3, -0.25) is 9.59 Å². The molecule has 17 heavy (non-hydrogen) atoms. The molecule has 2 aliphatic rings. The summed E-state index contributed by atoms with van der Waals surface area (Å²) in [4.78, 5) is 26.0. The number of piperazine rings is 1. The van der Waals surface area contributed by atoms with Gasteiger partial charge in [0, 0.05) is 20.2 Å². The van der Waals surface area contributed by atoms with Crippen molar-refractivity contribution in [1.29, 1.82) is 0 Å². The second-order valence-electron chi connectivity index (χ2n) is 4.78. The maximum Gasteiger partial charge on any atom is 0.246 e. The molecule has 0 unspecified atom stereocenters. The van der Waals surface area contributed by atoms with E-state index in [9.17, 15) is 9.59 Å². The summed E-state index contributed by atoms with van der Waals surface area (Å²) >= 11 is 0. The van der Waals surface area contributed by atoms with Crippen molar-refractivity contribution in [1.82, 2.24) is 10.2 Å². The summed E-state index contributed by atoms with van der Waals surface area (Å²) in [6, 6.07) is 0. The van der Waals surface area contributed by atoms with Gasteiger partial charge in [-0.25, -0.2) is 0 Å². The molecule has 96 valence electrons. The highest BCUT2D eigenvalue weighted by Crippen LogP contribution is 2.37. The van der Waals surface area contributed by atoms with Crippen LogP contribution in [-0.4, -0.2) is 49.1 Å². The molecule has 0 bridgehead atoms. The van der Waals surface area contributed by atoms with Gasteiger partial charge in [0.2, 0.25) is 11.8 Å². The summed E-state index contributed by atoms with van der Waals surface area (Å²) < 4.78 is 4.93. The van der Waals surface area contributed by atoms with E-state index in [1.54, 1.807) is 12.0 Å². The fourth-order valence-corrected chi connectivity index (χ4v) is 2.93. The van der Waals surface area contributed by atoms with Crippen molar-refractivity contribution in [3.05, 3.63) is 0 Å². The predicted octanol–water partition coefficient (Wildman–Crippen LogP) is 0.294. The molecule has 0 aromatic carbocycles. The molecule has 1 saturated carbocycles. The van der Waals surface area contributed by atoms with Crippen LogP contribution in [0.25, 0.3) is 0 Å². The standard InChI is InChI=1S/C12H20N2O3/c1-17-9-4-10(15)14-8-7-13-11(16)12(14)5-2-3-6-12/h2-9H2,1H3,(H,13,16). The molecule has 2 rings (SSSR count). The van der Waals surface area contributed by atoms with Crippen LogP contribution in [-0.2, 0) is 14.3 Å². The van der Waals surface area contributed by atoms with Crippen LogP contribution in [0.4, 0.5) is 0 Å². The van der Waals surface area contributed by atoms with Gasteiger partial charge in [-0.1, -0.05) is 12.8 Å². The lowest BCUT2D eigenvalue weighted by atomic mass is 9.91. The van der Waals surface area contributed by atoms with Crippen molar-refractivity contribution in [3.63, 3.8) is 0 Å². The van der Waals surface area contributed by atoms with Gasteiger partial charge < -0.3 is 15.0 Å². The maximum atomic E-state index is 12.1. The van der Waals surface area contributed by atoms with Gasteiger partial charge in [0.15, 0.2) is 0 Å². The SMILES string of the molecule is COCCC(=O)N1CCNC(=O)C12CCCC2. The predicted molar refractivity (Wildman–Crippen MR) is 62.4 cm³/mol. The average Bonchev–Trinajstić information content (AvgIpc) is 2.80. The van der Waals surface area contributed by atoms with Crippen LogP contribution < -0.4 is 5.32 Å². The maximum absolute atomic E-state index is 12.1. The van der Waals surface area contributed by atoms with E-state index >= 15 is 0 Å².